The van der Waals surface area contributed by atoms with Crippen LogP contribution in [0.3, 0.4) is 0 Å². The quantitative estimate of drug-likeness (QED) is 0.383. The predicted octanol–water partition coefficient (Wildman–Crippen LogP) is -2.23. The maximum absolute atomic E-state index is 10.8. The average molecular weight is 272 g/mol. The number of carbonyl (C=O) groups is 1. The maximum atomic E-state index is 10.8. The number of alkyl halides is 1. The molecule has 0 radical (unpaired) electrons. The van der Waals surface area contributed by atoms with Crippen molar-refractivity contribution in [2.45, 2.75) is 4.90 Å². The molecule has 0 heterocycles. The Bertz CT molecular complexity index is 459. The first-order chi connectivity index (χ1) is 6.93. The first kappa shape index (κ1) is 15.9. The molecule has 1 rings (SSSR count). The van der Waals surface area contributed by atoms with E-state index in [0.717, 1.165) is 12.1 Å². The minimum absolute atomic E-state index is 0. The summed E-state index contributed by atoms with van der Waals surface area (Å²) in [5.41, 5.74) is 0.382. The van der Waals surface area contributed by atoms with E-state index in [1.165, 1.54) is 12.1 Å². The topological polar surface area (TPSA) is 86.3 Å². The fraction of sp³-hybridized carbons (Fsp3) is 0.125. The SMILES string of the molecule is O=C(CCl)Nc1ccc(S(=O)(=O)[O-])cc1.[Na+]. The summed E-state index contributed by atoms with van der Waals surface area (Å²) in [6.07, 6.45) is 0. The van der Waals surface area contributed by atoms with Crippen LogP contribution in [0, 0.1) is 0 Å². The van der Waals surface area contributed by atoms with Gasteiger partial charge in [0.25, 0.3) is 0 Å². The summed E-state index contributed by atoms with van der Waals surface area (Å²) in [5.74, 6) is -0.601. The molecule has 1 aromatic carbocycles. The van der Waals surface area contributed by atoms with Crippen LogP contribution in [-0.2, 0) is 14.9 Å². The molecule has 0 bridgehead atoms. The van der Waals surface area contributed by atoms with Crippen LogP contribution in [0.25, 0.3) is 0 Å². The van der Waals surface area contributed by atoms with E-state index >= 15 is 0 Å². The van der Waals surface area contributed by atoms with Crippen LogP contribution in [0.15, 0.2) is 29.2 Å². The molecule has 1 aromatic rings. The number of halogens is 1. The van der Waals surface area contributed by atoms with Crippen molar-refractivity contribution in [3.8, 4) is 0 Å². The van der Waals surface area contributed by atoms with Crippen LogP contribution in [0.2, 0.25) is 0 Å². The maximum Gasteiger partial charge on any atom is 1.00 e. The van der Waals surface area contributed by atoms with Crippen molar-refractivity contribution in [2.75, 3.05) is 11.2 Å². The Kier molecular flexibility index (Phi) is 6.54. The van der Waals surface area contributed by atoms with E-state index in [1.54, 1.807) is 0 Å². The van der Waals surface area contributed by atoms with Gasteiger partial charge in [-0.05, 0) is 24.3 Å². The zero-order chi connectivity index (χ0) is 11.5. The molecule has 8 heteroatoms. The Labute approximate surface area is 120 Å². The standard InChI is InChI=1S/C8H8ClNO4S.Na/c9-5-8(11)10-6-1-3-7(4-2-6)15(12,13)14;/h1-4H,5H2,(H,10,11)(H,12,13,14);/q;+1/p-1. The van der Waals surface area contributed by atoms with Gasteiger partial charge >= 0.3 is 29.6 Å². The fourth-order valence-corrected chi connectivity index (χ4v) is 1.44. The van der Waals surface area contributed by atoms with Gasteiger partial charge in [0.1, 0.15) is 16.0 Å². The van der Waals surface area contributed by atoms with Gasteiger partial charge in [-0.3, -0.25) is 4.79 Å². The number of amides is 1. The number of hydrogen-bond donors (Lipinski definition) is 1. The van der Waals surface area contributed by atoms with E-state index in [4.69, 9.17) is 11.6 Å². The first-order valence-corrected chi connectivity index (χ1v) is 5.79. The van der Waals surface area contributed by atoms with Crippen LogP contribution in [0.5, 0.6) is 0 Å². The third kappa shape index (κ3) is 4.82. The van der Waals surface area contributed by atoms with Crippen LogP contribution in [0.1, 0.15) is 0 Å². The molecule has 0 atom stereocenters. The zero-order valence-electron chi connectivity index (χ0n) is 8.44. The number of anilines is 1. The van der Waals surface area contributed by atoms with E-state index in [0.29, 0.717) is 5.69 Å². The Balaban J connectivity index is 0.00000225. The third-order valence-electron chi connectivity index (χ3n) is 1.55. The van der Waals surface area contributed by atoms with Crippen molar-refractivity contribution in [2.24, 2.45) is 0 Å². The Morgan fingerprint density at radius 2 is 1.81 bits per heavy atom. The Morgan fingerprint density at radius 3 is 2.19 bits per heavy atom. The normalized spacial score (nSPS) is 10.4. The van der Waals surface area contributed by atoms with Crippen molar-refractivity contribution in [1.29, 1.82) is 0 Å². The largest absolute Gasteiger partial charge is 1.00 e. The fourth-order valence-electron chi connectivity index (χ4n) is 0.899. The number of benzene rings is 1. The van der Waals surface area contributed by atoms with Crippen LogP contribution < -0.4 is 34.9 Å². The third-order valence-corrected chi connectivity index (χ3v) is 2.64. The van der Waals surface area contributed by atoms with Gasteiger partial charge in [0.2, 0.25) is 5.91 Å². The molecule has 0 spiro atoms. The second-order valence-electron chi connectivity index (χ2n) is 2.66. The first-order valence-electron chi connectivity index (χ1n) is 3.85. The van der Waals surface area contributed by atoms with Crippen molar-refractivity contribution in [1.82, 2.24) is 0 Å². The summed E-state index contributed by atoms with van der Waals surface area (Å²) in [6.45, 7) is 0. The van der Waals surface area contributed by atoms with E-state index in [-0.39, 0.29) is 40.3 Å². The van der Waals surface area contributed by atoms with Gasteiger partial charge < -0.3 is 9.87 Å². The average Bonchev–Trinajstić information content (AvgIpc) is 2.17. The van der Waals surface area contributed by atoms with E-state index < -0.39 is 16.0 Å². The zero-order valence-corrected chi connectivity index (χ0v) is 12.0. The molecule has 0 saturated carbocycles. The second-order valence-corrected chi connectivity index (χ2v) is 4.31. The van der Waals surface area contributed by atoms with Crippen molar-refractivity contribution >= 4 is 33.3 Å². The summed E-state index contributed by atoms with van der Waals surface area (Å²) in [6, 6.07) is 4.86. The van der Waals surface area contributed by atoms with Gasteiger partial charge in [-0.2, -0.15) is 0 Å². The van der Waals surface area contributed by atoms with Crippen LogP contribution >= 0.6 is 11.6 Å². The van der Waals surface area contributed by atoms with E-state index in [9.17, 15) is 17.8 Å². The summed E-state index contributed by atoms with van der Waals surface area (Å²) in [5, 5.41) is 2.40. The molecule has 0 aliphatic carbocycles. The molecule has 1 amide bonds. The minimum atomic E-state index is -4.44. The summed E-state index contributed by atoms with van der Waals surface area (Å²) in [4.78, 5) is 10.5. The molecule has 0 fully saturated rings. The van der Waals surface area contributed by atoms with E-state index in [1.807, 2.05) is 0 Å². The van der Waals surface area contributed by atoms with Gasteiger partial charge in [0, 0.05) is 5.69 Å². The van der Waals surface area contributed by atoms with Gasteiger partial charge in [0.15, 0.2) is 0 Å². The molecule has 0 aliphatic heterocycles. The Morgan fingerprint density at radius 1 is 1.31 bits per heavy atom. The molecule has 16 heavy (non-hydrogen) atoms. The molecule has 0 saturated heterocycles. The Hall–Kier alpha value is -0.110. The molecule has 0 unspecified atom stereocenters. The summed E-state index contributed by atoms with van der Waals surface area (Å²) < 4.78 is 31.7. The van der Waals surface area contributed by atoms with E-state index in [2.05, 4.69) is 5.32 Å². The predicted molar refractivity (Wildman–Crippen MR) is 53.8 cm³/mol. The van der Waals surface area contributed by atoms with Gasteiger partial charge in [-0.1, -0.05) is 0 Å². The van der Waals surface area contributed by atoms with Crippen molar-refractivity contribution < 1.29 is 47.3 Å². The second kappa shape index (κ2) is 6.58. The summed E-state index contributed by atoms with van der Waals surface area (Å²) in [7, 11) is -4.44. The monoisotopic (exact) mass is 271 g/mol. The van der Waals surface area contributed by atoms with Crippen molar-refractivity contribution in [3.63, 3.8) is 0 Å². The molecule has 0 aromatic heterocycles. The molecule has 0 aliphatic rings. The number of nitrogens with one attached hydrogen (secondary N) is 1. The molecular formula is C8H7ClNNaO4S. The summed E-state index contributed by atoms with van der Waals surface area (Å²) >= 11 is 5.25. The molecule has 1 N–H and O–H groups in total. The number of hydrogen-bond acceptors (Lipinski definition) is 4. The molecule has 82 valence electrons. The van der Waals surface area contributed by atoms with Gasteiger partial charge in [-0.25, -0.2) is 8.42 Å². The van der Waals surface area contributed by atoms with Crippen LogP contribution in [-0.4, -0.2) is 24.8 Å². The van der Waals surface area contributed by atoms with Crippen LogP contribution in [0.4, 0.5) is 5.69 Å². The van der Waals surface area contributed by atoms with Gasteiger partial charge in [-0.15, -0.1) is 11.6 Å². The van der Waals surface area contributed by atoms with Gasteiger partial charge in [0.05, 0.1) is 4.90 Å². The number of carbonyl (C=O) groups excluding carboxylic acids is 1. The smallest absolute Gasteiger partial charge is 0.744 e. The molecular weight excluding hydrogens is 265 g/mol. The molecule has 5 nitrogen and oxygen atoms in total. The van der Waals surface area contributed by atoms with Crippen molar-refractivity contribution in [3.05, 3.63) is 24.3 Å². The minimum Gasteiger partial charge on any atom is -0.744 e. The number of rotatable bonds is 3.